The van der Waals surface area contributed by atoms with Gasteiger partial charge in [-0.05, 0) is 68.8 Å². The number of hydrogen-bond donors (Lipinski definition) is 1. The molecule has 2 aromatic rings. The molecule has 32 heavy (non-hydrogen) atoms. The first kappa shape index (κ1) is 23.7. The molecular weight excluding hydrogens is 426 g/mol. The third-order valence-corrected chi connectivity index (χ3v) is 5.90. The fourth-order valence-corrected chi connectivity index (χ4v) is 4.29. The second kappa shape index (κ2) is 11.6. The Morgan fingerprint density at radius 3 is 2.34 bits per heavy atom. The summed E-state index contributed by atoms with van der Waals surface area (Å²) in [5, 5.41) is 2.87. The van der Waals surface area contributed by atoms with Gasteiger partial charge >= 0.3 is 0 Å². The molecule has 2 aromatic carbocycles. The smallest absolute Gasteiger partial charge is 0.238 e. The first-order valence-electron chi connectivity index (χ1n) is 10.9. The fourth-order valence-electron chi connectivity index (χ4n) is 3.12. The standard InChI is InChI=1S/C24H29N3O4S/c1-4-15-31-20-13-7-17(8-14-20)25-23(29)21-16-22(28)27(5-2)24(32-21)26-18-9-11-19(12-10-18)30-6-3/h7-14,21H,4-6,15-16H2,1-3H3,(H,25,29). The molecule has 0 radical (unpaired) electrons. The van der Waals surface area contributed by atoms with Gasteiger partial charge in [-0.25, -0.2) is 4.99 Å². The highest BCUT2D eigenvalue weighted by atomic mass is 32.2. The molecule has 1 unspecified atom stereocenters. The number of rotatable bonds is 9. The number of anilines is 1. The second-order valence-corrected chi connectivity index (χ2v) is 8.30. The number of carbonyl (C=O) groups excluding carboxylic acids is 2. The van der Waals surface area contributed by atoms with E-state index in [1.807, 2.05) is 57.2 Å². The Morgan fingerprint density at radius 2 is 1.72 bits per heavy atom. The number of nitrogens with zero attached hydrogens (tertiary/aromatic N) is 2. The number of thioether (sulfide) groups is 1. The summed E-state index contributed by atoms with van der Waals surface area (Å²) in [6.45, 7) is 7.61. The van der Waals surface area contributed by atoms with E-state index >= 15 is 0 Å². The van der Waals surface area contributed by atoms with E-state index in [0.717, 1.165) is 17.9 Å². The van der Waals surface area contributed by atoms with E-state index in [2.05, 4.69) is 10.3 Å². The van der Waals surface area contributed by atoms with Gasteiger partial charge in [0.2, 0.25) is 11.8 Å². The molecule has 0 aliphatic carbocycles. The number of benzene rings is 2. The van der Waals surface area contributed by atoms with Crippen LogP contribution in [0.5, 0.6) is 11.5 Å². The summed E-state index contributed by atoms with van der Waals surface area (Å²) in [5.41, 5.74) is 1.36. The minimum absolute atomic E-state index is 0.112. The van der Waals surface area contributed by atoms with Crippen molar-refractivity contribution in [1.29, 1.82) is 0 Å². The Balaban J connectivity index is 1.70. The summed E-state index contributed by atoms with van der Waals surface area (Å²) in [5.74, 6) is 1.19. The maximum absolute atomic E-state index is 12.9. The number of amidine groups is 1. The van der Waals surface area contributed by atoms with Crippen LogP contribution in [0.3, 0.4) is 0 Å². The lowest BCUT2D eigenvalue weighted by molar-refractivity contribution is -0.129. The van der Waals surface area contributed by atoms with Crippen molar-refractivity contribution < 1.29 is 19.1 Å². The normalized spacial score (nSPS) is 17.3. The van der Waals surface area contributed by atoms with Gasteiger partial charge in [0.05, 0.1) is 18.9 Å². The zero-order valence-corrected chi connectivity index (χ0v) is 19.5. The molecule has 1 heterocycles. The molecule has 7 nitrogen and oxygen atoms in total. The number of aliphatic imine (C=N–C) groups is 1. The summed E-state index contributed by atoms with van der Waals surface area (Å²) >= 11 is 1.31. The summed E-state index contributed by atoms with van der Waals surface area (Å²) < 4.78 is 11.0. The van der Waals surface area contributed by atoms with Crippen molar-refractivity contribution in [2.75, 3.05) is 25.1 Å². The van der Waals surface area contributed by atoms with Crippen molar-refractivity contribution in [3.05, 3.63) is 48.5 Å². The van der Waals surface area contributed by atoms with E-state index in [0.29, 0.717) is 36.3 Å². The molecule has 3 rings (SSSR count). The average Bonchev–Trinajstić information content (AvgIpc) is 2.80. The third-order valence-electron chi connectivity index (χ3n) is 4.72. The quantitative estimate of drug-likeness (QED) is 0.584. The lowest BCUT2D eigenvalue weighted by Crippen LogP contribution is -2.45. The largest absolute Gasteiger partial charge is 0.494 e. The molecule has 0 aromatic heterocycles. The Labute approximate surface area is 193 Å². The third kappa shape index (κ3) is 6.26. The van der Waals surface area contributed by atoms with Crippen LogP contribution in [0, 0.1) is 0 Å². The molecule has 1 N–H and O–H groups in total. The molecule has 8 heteroatoms. The van der Waals surface area contributed by atoms with Crippen LogP contribution in [-0.4, -0.2) is 46.9 Å². The first-order chi connectivity index (χ1) is 15.5. The number of carbonyl (C=O) groups is 2. The van der Waals surface area contributed by atoms with Gasteiger partial charge < -0.3 is 14.8 Å². The van der Waals surface area contributed by atoms with Gasteiger partial charge in [-0.2, -0.15) is 0 Å². The fraction of sp³-hybridized carbons (Fsp3) is 0.375. The second-order valence-electron chi connectivity index (χ2n) is 7.13. The Bertz CT molecular complexity index is 945. The molecule has 1 fully saturated rings. The summed E-state index contributed by atoms with van der Waals surface area (Å²) in [6.07, 6.45) is 1.06. The molecule has 0 spiro atoms. The maximum Gasteiger partial charge on any atom is 0.238 e. The highest BCUT2D eigenvalue weighted by Crippen LogP contribution is 2.30. The predicted octanol–water partition coefficient (Wildman–Crippen LogP) is 4.85. The zero-order valence-electron chi connectivity index (χ0n) is 18.7. The van der Waals surface area contributed by atoms with Crippen LogP contribution < -0.4 is 14.8 Å². The van der Waals surface area contributed by atoms with Gasteiger partial charge in [-0.3, -0.25) is 14.5 Å². The van der Waals surface area contributed by atoms with E-state index in [1.54, 1.807) is 17.0 Å². The average molecular weight is 456 g/mol. The molecule has 2 amide bonds. The van der Waals surface area contributed by atoms with Gasteiger partial charge in [0.1, 0.15) is 16.7 Å². The van der Waals surface area contributed by atoms with Gasteiger partial charge in [-0.1, -0.05) is 18.7 Å². The minimum atomic E-state index is -0.553. The molecular formula is C24H29N3O4S. The summed E-state index contributed by atoms with van der Waals surface area (Å²) in [4.78, 5) is 31.8. The molecule has 0 saturated carbocycles. The Morgan fingerprint density at radius 1 is 1.06 bits per heavy atom. The van der Waals surface area contributed by atoms with Crippen LogP contribution in [0.2, 0.25) is 0 Å². The molecule has 1 aliphatic heterocycles. The van der Waals surface area contributed by atoms with Crippen LogP contribution >= 0.6 is 11.8 Å². The summed E-state index contributed by atoms with van der Waals surface area (Å²) in [6, 6.07) is 14.6. The van der Waals surface area contributed by atoms with Crippen LogP contribution in [0.1, 0.15) is 33.6 Å². The van der Waals surface area contributed by atoms with E-state index in [-0.39, 0.29) is 18.2 Å². The van der Waals surface area contributed by atoms with Crippen molar-refractivity contribution >= 4 is 40.1 Å². The maximum atomic E-state index is 12.9. The highest BCUT2D eigenvalue weighted by Gasteiger charge is 2.35. The Kier molecular flexibility index (Phi) is 8.56. The van der Waals surface area contributed by atoms with Crippen LogP contribution in [0.25, 0.3) is 0 Å². The minimum Gasteiger partial charge on any atom is -0.494 e. The number of nitrogens with one attached hydrogen (secondary N) is 1. The molecule has 1 aliphatic rings. The van der Waals surface area contributed by atoms with Crippen LogP contribution in [0.15, 0.2) is 53.5 Å². The molecule has 170 valence electrons. The summed E-state index contributed by atoms with van der Waals surface area (Å²) in [7, 11) is 0. The lowest BCUT2D eigenvalue weighted by atomic mass is 10.2. The SMILES string of the molecule is CCCOc1ccc(NC(=O)C2CC(=O)N(CC)C(=Nc3ccc(OCC)cc3)S2)cc1. The van der Waals surface area contributed by atoms with Crippen molar-refractivity contribution in [3.8, 4) is 11.5 Å². The zero-order chi connectivity index (χ0) is 22.9. The lowest BCUT2D eigenvalue weighted by Gasteiger charge is -2.30. The van der Waals surface area contributed by atoms with Gasteiger partial charge in [-0.15, -0.1) is 0 Å². The molecule has 1 atom stereocenters. The number of hydrogen-bond acceptors (Lipinski definition) is 6. The molecule has 0 bridgehead atoms. The van der Waals surface area contributed by atoms with E-state index in [4.69, 9.17) is 9.47 Å². The monoisotopic (exact) mass is 455 g/mol. The van der Waals surface area contributed by atoms with Crippen LogP contribution in [0.4, 0.5) is 11.4 Å². The first-order valence-corrected chi connectivity index (χ1v) is 11.7. The van der Waals surface area contributed by atoms with Crippen molar-refractivity contribution in [1.82, 2.24) is 4.90 Å². The van der Waals surface area contributed by atoms with Gasteiger partial charge in [0.25, 0.3) is 0 Å². The molecule has 1 saturated heterocycles. The highest BCUT2D eigenvalue weighted by molar-refractivity contribution is 8.15. The predicted molar refractivity (Wildman–Crippen MR) is 129 cm³/mol. The van der Waals surface area contributed by atoms with Crippen LogP contribution in [-0.2, 0) is 9.59 Å². The Hall–Kier alpha value is -3.00. The number of amides is 2. The topological polar surface area (TPSA) is 80.2 Å². The van der Waals surface area contributed by atoms with Crippen molar-refractivity contribution in [2.45, 2.75) is 38.9 Å². The van der Waals surface area contributed by atoms with Gasteiger partial charge in [0, 0.05) is 18.7 Å². The van der Waals surface area contributed by atoms with Gasteiger partial charge in [0.15, 0.2) is 5.17 Å². The van der Waals surface area contributed by atoms with E-state index < -0.39 is 5.25 Å². The number of ether oxygens (including phenoxy) is 2. The van der Waals surface area contributed by atoms with Crippen molar-refractivity contribution in [3.63, 3.8) is 0 Å². The van der Waals surface area contributed by atoms with E-state index in [9.17, 15) is 9.59 Å². The van der Waals surface area contributed by atoms with Crippen molar-refractivity contribution in [2.24, 2.45) is 4.99 Å². The van der Waals surface area contributed by atoms with E-state index in [1.165, 1.54) is 11.8 Å².